The van der Waals surface area contributed by atoms with E-state index in [4.69, 9.17) is 5.11 Å². The van der Waals surface area contributed by atoms with Crippen molar-refractivity contribution in [1.82, 2.24) is 4.90 Å². The van der Waals surface area contributed by atoms with Gasteiger partial charge in [0.05, 0.1) is 5.56 Å². The quantitative estimate of drug-likeness (QED) is 0.832. The third kappa shape index (κ3) is 4.50. The molecule has 0 aliphatic carbocycles. The highest BCUT2D eigenvalue weighted by Crippen LogP contribution is 2.30. The first-order valence-corrected chi connectivity index (χ1v) is 9.06. The number of aliphatic carboxylic acids is 1. The zero-order valence-electron chi connectivity index (χ0n) is 14.0. The van der Waals surface area contributed by atoms with Gasteiger partial charge in [0.2, 0.25) is 0 Å². The average Bonchev–Trinajstić information content (AvgIpc) is 2.54. The fourth-order valence-electron chi connectivity index (χ4n) is 2.93. The van der Waals surface area contributed by atoms with Crippen LogP contribution in [-0.4, -0.2) is 40.2 Å². The molecule has 23 heavy (non-hydrogen) atoms. The molecule has 1 aliphatic rings. The van der Waals surface area contributed by atoms with Gasteiger partial charge < -0.3 is 10.0 Å². The van der Waals surface area contributed by atoms with Crippen LogP contribution < -0.4 is 0 Å². The summed E-state index contributed by atoms with van der Waals surface area (Å²) in [4.78, 5) is 26.5. The molecule has 1 aromatic rings. The molecule has 1 N–H and O–H groups in total. The molecular formula is C18H25NO3S. The molecule has 0 bridgehead atoms. The number of likely N-dealkylation sites (tertiary alicyclic amines) is 1. The van der Waals surface area contributed by atoms with Crippen LogP contribution in [0.5, 0.6) is 0 Å². The minimum absolute atomic E-state index is 0.0212. The lowest BCUT2D eigenvalue weighted by Gasteiger charge is -2.34. The molecule has 1 amide bonds. The van der Waals surface area contributed by atoms with E-state index in [-0.39, 0.29) is 5.91 Å². The third-order valence-corrected chi connectivity index (χ3v) is 5.70. The Morgan fingerprint density at radius 2 is 1.78 bits per heavy atom. The van der Waals surface area contributed by atoms with Crippen molar-refractivity contribution in [3.63, 3.8) is 0 Å². The molecule has 0 spiro atoms. The Hall–Kier alpha value is -1.49. The minimum atomic E-state index is -0.866. The molecule has 1 saturated heterocycles. The Labute approximate surface area is 142 Å². The molecule has 126 valence electrons. The Bertz CT molecular complexity index is 565. The Morgan fingerprint density at radius 3 is 2.35 bits per heavy atom. The predicted molar refractivity (Wildman–Crippen MR) is 92.9 cm³/mol. The van der Waals surface area contributed by atoms with E-state index in [1.54, 1.807) is 13.0 Å². The summed E-state index contributed by atoms with van der Waals surface area (Å²) >= 11 is 1.23. The molecule has 1 aliphatic heterocycles. The van der Waals surface area contributed by atoms with Crippen LogP contribution in [0.1, 0.15) is 44.0 Å². The molecule has 0 radical (unpaired) electrons. The van der Waals surface area contributed by atoms with Gasteiger partial charge in [0.15, 0.2) is 0 Å². The number of amides is 1. The largest absolute Gasteiger partial charge is 0.480 e. The van der Waals surface area contributed by atoms with Crippen LogP contribution in [-0.2, 0) is 4.79 Å². The fraction of sp³-hybridized carbons (Fsp3) is 0.556. The lowest BCUT2D eigenvalue weighted by atomic mass is 9.86. The first kappa shape index (κ1) is 17.9. The minimum Gasteiger partial charge on any atom is -0.480 e. The summed E-state index contributed by atoms with van der Waals surface area (Å²) in [6, 6.07) is 7.31. The van der Waals surface area contributed by atoms with Gasteiger partial charge in [-0.1, -0.05) is 26.0 Å². The molecule has 1 fully saturated rings. The van der Waals surface area contributed by atoms with Crippen LogP contribution in [0.15, 0.2) is 29.2 Å². The molecule has 1 heterocycles. The summed E-state index contributed by atoms with van der Waals surface area (Å²) in [5.41, 5.74) is 0.619. The van der Waals surface area contributed by atoms with Gasteiger partial charge in [-0.05, 0) is 43.7 Å². The van der Waals surface area contributed by atoms with Crippen molar-refractivity contribution in [1.29, 1.82) is 0 Å². The highest BCUT2D eigenvalue weighted by atomic mass is 32.2. The van der Waals surface area contributed by atoms with Gasteiger partial charge in [-0.2, -0.15) is 0 Å². The number of benzene rings is 1. The van der Waals surface area contributed by atoms with Gasteiger partial charge in [-0.25, -0.2) is 0 Å². The van der Waals surface area contributed by atoms with Crippen molar-refractivity contribution in [3.05, 3.63) is 29.8 Å². The van der Waals surface area contributed by atoms with Crippen LogP contribution in [0.3, 0.4) is 0 Å². The number of piperidine rings is 1. The lowest BCUT2D eigenvalue weighted by molar-refractivity contribution is -0.136. The molecule has 1 atom stereocenters. The molecule has 5 heteroatoms. The van der Waals surface area contributed by atoms with E-state index in [0.717, 1.165) is 30.8 Å². The maximum atomic E-state index is 12.8. The van der Waals surface area contributed by atoms with E-state index >= 15 is 0 Å². The normalized spacial score (nSPS) is 17.3. The summed E-state index contributed by atoms with van der Waals surface area (Å²) in [5, 5.41) is 8.51. The smallest absolute Gasteiger partial charge is 0.316 e. The molecule has 2 rings (SSSR count). The summed E-state index contributed by atoms with van der Waals surface area (Å²) in [6.45, 7) is 7.69. The van der Waals surface area contributed by atoms with Crippen LogP contribution in [0.2, 0.25) is 0 Å². The van der Waals surface area contributed by atoms with E-state index in [9.17, 15) is 9.59 Å². The van der Waals surface area contributed by atoms with Crippen molar-refractivity contribution in [2.24, 2.45) is 11.8 Å². The van der Waals surface area contributed by atoms with Crippen LogP contribution in [0.25, 0.3) is 0 Å². The second-order valence-corrected chi connectivity index (χ2v) is 7.85. The Kier molecular flexibility index (Phi) is 6.10. The van der Waals surface area contributed by atoms with Crippen molar-refractivity contribution in [2.45, 2.75) is 43.8 Å². The van der Waals surface area contributed by atoms with Crippen molar-refractivity contribution in [3.8, 4) is 0 Å². The van der Waals surface area contributed by atoms with Gasteiger partial charge in [0, 0.05) is 18.0 Å². The zero-order chi connectivity index (χ0) is 17.0. The summed E-state index contributed by atoms with van der Waals surface area (Å²) in [7, 11) is 0. The van der Waals surface area contributed by atoms with Gasteiger partial charge in [-0.3, -0.25) is 9.59 Å². The van der Waals surface area contributed by atoms with Crippen molar-refractivity contribution >= 4 is 23.6 Å². The number of carboxylic acids is 1. The molecule has 1 aromatic carbocycles. The Balaban J connectivity index is 2.09. The number of hydrogen-bond acceptors (Lipinski definition) is 3. The number of rotatable bonds is 5. The standard InChI is InChI=1S/C18H25NO3S/c1-12(2)14-8-10-19(11-9-14)17(20)15-6-4-5-7-16(15)23-13(3)18(21)22/h4-7,12-14H,8-11H2,1-3H3,(H,21,22). The number of carbonyl (C=O) groups is 2. The third-order valence-electron chi connectivity index (χ3n) is 4.54. The predicted octanol–water partition coefficient (Wildman–Crippen LogP) is 3.76. The second-order valence-electron chi connectivity index (χ2n) is 6.47. The van der Waals surface area contributed by atoms with E-state index in [2.05, 4.69) is 13.8 Å². The Morgan fingerprint density at radius 1 is 1.17 bits per heavy atom. The van der Waals surface area contributed by atoms with E-state index in [1.165, 1.54) is 11.8 Å². The van der Waals surface area contributed by atoms with Crippen LogP contribution in [0.4, 0.5) is 0 Å². The molecular weight excluding hydrogens is 310 g/mol. The summed E-state index contributed by atoms with van der Waals surface area (Å²) in [5.74, 6) is 0.505. The number of carbonyl (C=O) groups excluding carboxylic acids is 1. The summed E-state index contributed by atoms with van der Waals surface area (Å²) < 4.78 is 0. The maximum absolute atomic E-state index is 12.8. The van der Waals surface area contributed by atoms with Gasteiger partial charge in [0.1, 0.15) is 5.25 Å². The molecule has 1 unspecified atom stereocenters. The van der Waals surface area contributed by atoms with E-state index in [1.807, 2.05) is 23.1 Å². The van der Waals surface area contributed by atoms with E-state index in [0.29, 0.717) is 17.4 Å². The topological polar surface area (TPSA) is 57.6 Å². The van der Waals surface area contributed by atoms with Crippen molar-refractivity contribution in [2.75, 3.05) is 13.1 Å². The number of carboxylic acid groups (broad SMARTS) is 1. The lowest BCUT2D eigenvalue weighted by Crippen LogP contribution is -2.39. The number of hydrogen-bond donors (Lipinski definition) is 1. The number of nitrogens with zero attached hydrogens (tertiary/aromatic N) is 1. The average molecular weight is 335 g/mol. The maximum Gasteiger partial charge on any atom is 0.316 e. The summed E-state index contributed by atoms with van der Waals surface area (Å²) in [6.07, 6.45) is 2.09. The van der Waals surface area contributed by atoms with Gasteiger partial charge >= 0.3 is 5.97 Å². The SMILES string of the molecule is CC(Sc1ccccc1C(=O)N1CCC(C(C)C)CC1)C(=O)O. The van der Waals surface area contributed by atoms with Crippen LogP contribution in [0, 0.1) is 11.8 Å². The molecule has 0 saturated carbocycles. The number of thioether (sulfide) groups is 1. The second kappa shape index (κ2) is 7.86. The first-order chi connectivity index (χ1) is 10.9. The molecule has 4 nitrogen and oxygen atoms in total. The molecule has 0 aromatic heterocycles. The highest BCUT2D eigenvalue weighted by Gasteiger charge is 2.27. The highest BCUT2D eigenvalue weighted by molar-refractivity contribution is 8.00. The van der Waals surface area contributed by atoms with E-state index < -0.39 is 11.2 Å². The monoisotopic (exact) mass is 335 g/mol. The first-order valence-electron chi connectivity index (χ1n) is 8.18. The van der Waals surface area contributed by atoms with Crippen molar-refractivity contribution < 1.29 is 14.7 Å². The van der Waals surface area contributed by atoms with Crippen LogP contribution >= 0.6 is 11.8 Å². The fourth-order valence-corrected chi connectivity index (χ4v) is 3.85. The van der Waals surface area contributed by atoms with Gasteiger partial charge in [0.25, 0.3) is 5.91 Å². The zero-order valence-corrected chi connectivity index (χ0v) is 14.8. The van der Waals surface area contributed by atoms with Gasteiger partial charge in [-0.15, -0.1) is 11.8 Å².